The largest absolute Gasteiger partial charge is 0.394 e. The third-order valence-corrected chi connectivity index (χ3v) is 7.80. The highest BCUT2D eigenvalue weighted by Crippen LogP contribution is 2.63. The first-order valence-corrected chi connectivity index (χ1v) is 12.9. The van der Waals surface area contributed by atoms with Gasteiger partial charge in [-0.15, -0.1) is 0 Å². The van der Waals surface area contributed by atoms with E-state index in [9.17, 15) is 19.5 Å². The molecule has 6 atom stereocenters. The van der Waals surface area contributed by atoms with Crippen molar-refractivity contribution in [2.75, 3.05) is 13.2 Å². The molecule has 2 unspecified atom stereocenters. The van der Waals surface area contributed by atoms with E-state index < -0.39 is 40.7 Å². The van der Waals surface area contributed by atoms with Crippen LogP contribution < -0.4 is 10.6 Å². The number of carbonyl (C=O) groups is 3. The molecule has 3 N–H and O–H groups in total. The Morgan fingerprint density at radius 1 is 1.18 bits per heavy atom. The Kier molecular flexibility index (Phi) is 7.19. The number of hydrogen-bond acceptors (Lipinski definition) is 5. The molecule has 8 heteroatoms. The fourth-order valence-electron chi connectivity index (χ4n) is 7.00. The summed E-state index contributed by atoms with van der Waals surface area (Å²) in [7, 11) is 0. The number of nitrogens with one attached hydrogen (secondary N) is 2. The van der Waals surface area contributed by atoms with Crippen LogP contribution in [0.2, 0.25) is 0 Å². The molecule has 194 valence electrons. The van der Waals surface area contributed by atoms with Crippen LogP contribution in [0.15, 0.2) is 0 Å². The minimum absolute atomic E-state index is 0.00190. The lowest BCUT2D eigenvalue weighted by atomic mass is 9.66. The van der Waals surface area contributed by atoms with E-state index >= 15 is 0 Å². The second-order valence-corrected chi connectivity index (χ2v) is 12.6. The molecular formula is C26H45N3O5. The fourth-order valence-corrected chi connectivity index (χ4v) is 7.00. The summed E-state index contributed by atoms with van der Waals surface area (Å²) in [5.41, 5.74) is -2.36. The van der Waals surface area contributed by atoms with Crippen LogP contribution in [0.25, 0.3) is 0 Å². The lowest BCUT2D eigenvalue weighted by Gasteiger charge is -2.40. The monoisotopic (exact) mass is 479 g/mol. The number of likely N-dealkylation sites (tertiary alicyclic amines) is 1. The summed E-state index contributed by atoms with van der Waals surface area (Å²) in [6, 6.07) is -1.39. The van der Waals surface area contributed by atoms with Crippen LogP contribution in [-0.4, -0.2) is 69.7 Å². The quantitative estimate of drug-likeness (QED) is 0.471. The summed E-state index contributed by atoms with van der Waals surface area (Å²) in [4.78, 5) is 42.7. The third-order valence-electron chi connectivity index (χ3n) is 7.80. The van der Waals surface area contributed by atoms with E-state index in [1.807, 2.05) is 34.6 Å². The first-order valence-electron chi connectivity index (χ1n) is 12.9. The molecule has 3 rings (SSSR count). The normalized spacial score (nSPS) is 33.7. The first-order chi connectivity index (χ1) is 15.7. The Bertz CT molecular complexity index is 818. The van der Waals surface area contributed by atoms with E-state index in [1.165, 1.54) is 4.90 Å². The summed E-state index contributed by atoms with van der Waals surface area (Å²) in [6.45, 7) is 16.4. The van der Waals surface area contributed by atoms with E-state index in [0.29, 0.717) is 25.8 Å². The van der Waals surface area contributed by atoms with Gasteiger partial charge in [-0.05, 0) is 58.3 Å². The van der Waals surface area contributed by atoms with Crippen molar-refractivity contribution < 1.29 is 24.2 Å². The number of amides is 3. The molecule has 8 nitrogen and oxygen atoms in total. The number of aliphatic hydroxyl groups excluding tert-OH is 1. The summed E-state index contributed by atoms with van der Waals surface area (Å²) in [5, 5.41) is 16.3. The van der Waals surface area contributed by atoms with Gasteiger partial charge in [-0.3, -0.25) is 14.4 Å². The van der Waals surface area contributed by atoms with Crippen LogP contribution in [0.4, 0.5) is 0 Å². The minimum atomic E-state index is -1.06. The Labute approximate surface area is 204 Å². The molecular weight excluding hydrogens is 434 g/mol. The minimum Gasteiger partial charge on any atom is -0.394 e. The SMILES string of the molecule is CCCNC(=O)[C@H]1[C@H]2C(=O)N([C@@H](CC)CO)C(C(=O)NC(C)(C)CC(C)(C)C)C23CC[C@]1(C)O3. The van der Waals surface area contributed by atoms with Crippen LogP contribution in [0, 0.1) is 17.3 Å². The molecule has 0 saturated carbocycles. The van der Waals surface area contributed by atoms with Gasteiger partial charge < -0.3 is 25.4 Å². The van der Waals surface area contributed by atoms with E-state index in [-0.39, 0.29) is 29.7 Å². The van der Waals surface area contributed by atoms with Gasteiger partial charge in [0.25, 0.3) is 0 Å². The maximum atomic E-state index is 14.0. The second-order valence-electron chi connectivity index (χ2n) is 12.6. The van der Waals surface area contributed by atoms with Crippen molar-refractivity contribution in [3.05, 3.63) is 0 Å². The molecule has 0 aliphatic carbocycles. The number of hydrogen-bond donors (Lipinski definition) is 3. The highest BCUT2D eigenvalue weighted by molar-refractivity contribution is 5.99. The smallest absolute Gasteiger partial charge is 0.246 e. The zero-order chi connectivity index (χ0) is 25.7. The van der Waals surface area contributed by atoms with Gasteiger partial charge in [-0.1, -0.05) is 34.6 Å². The van der Waals surface area contributed by atoms with Gasteiger partial charge in [0.15, 0.2) is 0 Å². The van der Waals surface area contributed by atoms with Crippen molar-refractivity contribution in [2.24, 2.45) is 17.3 Å². The van der Waals surface area contributed by atoms with Gasteiger partial charge in [-0.25, -0.2) is 0 Å². The summed E-state index contributed by atoms with van der Waals surface area (Å²) >= 11 is 0. The maximum absolute atomic E-state index is 14.0. The standard InChI is InChI=1S/C26H45N3O5/c1-9-13-27-20(31)17-18-22(33)29(16(10-2)14-30)19(26(18)12-11-25(17,8)34-26)21(32)28-24(6,7)15-23(3,4)5/h16-19,30H,9-15H2,1-8H3,(H,27,31)(H,28,32)/t16-,17+,18-,19?,25-,26?/m0/s1. The zero-order valence-electron chi connectivity index (χ0n) is 22.3. The van der Waals surface area contributed by atoms with Gasteiger partial charge >= 0.3 is 0 Å². The predicted octanol–water partition coefficient (Wildman–Crippen LogP) is 2.38. The highest BCUT2D eigenvalue weighted by atomic mass is 16.5. The molecule has 1 spiro atoms. The summed E-state index contributed by atoms with van der Waals surface area (Å²) < 4.78 is 6.61. The number of aliphatic hydroxyl groups is 1. The molecule has 3 fully saturated rings. The molecule has 0 radical (unpaired) electrons. The van der Waals surface area contributed by atoms with Gasteiger partial charge in [0.1, 0.15) is 11.6 Å². The number of rotatable bonds is 9. The zero-order valence-corrected chi connectivity index (χ0v) is 22.3. The van der Waals surface area contributed by atoms with Crippen LogP contribution in [0.5, 0.6) is 0 Å². The molecule has 3 aliphatic rings. The lowest BCUT2D eigenvalue weighted by Crippen LogP contribution is -2.61. The maximum Gasteiger partial charge on any atom is 0.246 e. The van der Waals surface area contributed by atoms with Gasteiger partial charge in [0.2, 0.25) is 17.7 Å². The molecule has 34 heavy (non-hydrogen) atoms. The molecule has 3 amide bonds. The van der Waals surface area contributed by atoms with Crippen molar-refractivity contribution in [3.63, 3.8) is 0 Å². The third kappa shape index (κ3) is 4.48. The molecule has 2 bridgehead atoms. The van der Waals surface area contributed by atoms with E-state index in [4.69, 9.17) is 4.74 Å². The predicted molar refractivity (Wildman–Crippen MR) is 130 cm³/mol. The van der Waals surface area contributed by atoms with Crippen molar-refractivity contribution in [3.8, 4) is 0 Å². The van der Waals surface area contributed by atoms with Gasteiger partial charge in [0, 0.05) is 12.1 Å². The molecule has 3 heterocycles. The Morgan fingerprint density at radius 3 is 2.35 bits per heavy atom. The van der Waals surface area contributed by atoms with Gasteiger partial charge in [-0.2, -0.15) is 0 Å². The van der Waals surface area contributed by atoms with Crippen LogP contribution >= 0.6 is 0 Å². The van der Waals surface area contributed by atoms with Gasteiger partial charge in [0.05, 0.1) is 30.1 Å². The fraction of sp³-hybridized carbons (Fsp3) is 0.885. The Morgan fingerprint density at radius 2 is 1.82 bits per heavy atom. The van der Waals surface area contributed by atoms with Crippen LogP contribution in [0.3, 0.4) is 0 Å². The van der Waals surface area contributed by atoms with Crippen molar-refractivity contribution >= 4 is 17.7 Å². The lowest BCUT2D eigenvalue weighted by molar-refractivity contribution is -0.150. The summed E-state index contributed by atoms with van der Waals surface area (Å²) in [5.74, 6) is -2.09. The number of fused-ring (bicyclic) bond motifs is 1. The molecule has 3 saturated heterocycles. The highest BCUT2D eigenvalue weighted by Gasteiger charge is 2.78. The number of ether oxygens (including phenoxy) is 1. The van der Waals surface area contributed by atoms with Crippen molar-refractivity contribution in [1.29, 1.82) is 0 Å². The van der Waals surface area contributed by atoms with E-state index in [1.54, 1.807) is 0 Å². The van der Waals surface area contributed by atoms with Crippen molar-refractivity contribution in [1.82, 2.24) is 15.5 Å². The topological polar surface area (TPSA) is 108 Å². The van der Waals surface area contributed by atoms with E-state index in [2.05, 4.69) is 31.4 Å². The molecule has 0 aromatic carbocycles. The van der Waals surface area contributed by atoms with E-state index in [0.717, 1.165) is 12.8 Å². The van der Waals surface area contributed by atoms with Crippen LogP contribution in [0.1, 0.15) is 87.5 Å². The Balaban J connectivity index is 2.03. The number of carbonyl (C=O) groups excluding carboxylic acids is 3. The second kappa shape index (κ2) is 9.08. The first kappa shape index (κ1) is 26.9. The Hall–Kier alpha value is -1.67. The van der Waals surface area contributed by atoms with Crippen LogP contribution in [-0.2, 0) is 19.1 Å². The molecule has 0 aromatic heterocycles. The molecule has 0 aromatic rings. The average Bonchev–Trinajstić information content (AvgIpc) is 3.26. The van der Waals surface area contributed by atoms with Crippen molar-refractivity contribution in [2.45, 2.75) is 116 Å². The molecule has 3 aliphatic heterocycles. The number of nitrogens with zero attached hydrogens (tertiary/aromatic N) is 1. The summed E-state index contributed by atoms with van der Waals surface area (Å²) in [6.07, 6.45) is 3.20. The average molecular weight is 480 g/mol.